The largest absolute Gasteiger partial charge is 0.433 e. The Labute approximate surface area is 149 Å². The van der Waals surface area contributed by atoms with E-state index < -0.39 is 28.7 Å². The molecule has 1 aromatic heterocycles. The fourth-order valence-corrected chi connectivity index (χ4v) is 2.45. The quantitative estimate of drug-likeness (QED) is 0.218. The smallest absolute Gasteiger partial charge is 0.400 e. The molecule has 1 aliphatic rings. The first-order valence-corrected chi connectivity index (χ1v) is 8.39. The van der Waals surface area contributed by atoms with Gasteiger partial charge in [0, 0.05) is 6.42 Å². The summed E-state index contributed by atoms with van der Waals surface area (Å²) in [6, 6.07) is 1.63. The van der Waals surface area contributed by atoms with E-state index in [2.05, 4.69) is 12.0 Å². The van der Waals surface area contributed by atoms with Gasteiger partial charge in [-0.05, 0) is 12.5 Å². The summed E-state index contributed by atoms with van der Waals surface area (Å²) in [5.74, 6) is -1.59. The zero-order valence-corrected chi connectivity index (χ0v) is 14.4. The summed E-state index contributed by atoms with van der Waals surface area (Å²) in [5.41, 5.74) is 0. The van der Waals surface area contributed by atoms with E-state index in [-0.39, 0.29) is 18.7 Å². The number of nitrogens with zero attached hydrogens (tertiary/aromatic N) is 4. The minimum absolute atomic E-state index is 0.0534. The number of rotatable bonds is 9. The second kappa shape index (κ2) is 8.88. The van der Waals surface area contributed by atoms with E-state index in [1.807, 2.05) is 0 Å². The average Bonchev–Trinajstić information content (AvgIpc) is 3.17. The van der Waals surface area contributed by atoms with E-state index in [0.29, 0.717) is 11.3 Å². The van der Waals surface area contributed by atoms with Crippen molar-refractivity contribution >= 4 is 29.9 Å². The molecule has 10 heteroatoms. The standard InChI is InChI=1S/C16H20N4O6/c1-2-3-4-5-6-7-13(21)19-14(22)11-18(16(19)23)17-10-12-8-9-15(26-12)20(24)25/h8-10H,2-7,11H2,1H3/b17-10+. The number of unbranched alkanes of at least 4 members (excludes halogenated alkanes) is 4. The fourth-order valence-electron chi connectivity index (χ4n) is 2.45. The molecule has 2 heterocycles. The number of furan rings is 1. The Balaban J connectivity index is 1.91. The van der Waals surface area contributed by atoms with Gasteiger partial charge in [-0.1, -0.05) is 32.6 Å². The molecule has 10 nitrogen and oxygen atoms in total. The Morgan fingerprint density at radius 1 is 1.31 bits per heavy atom. The van der Waals surface area contributed by atoms with E-state index in [9.17, 15) is 24.5 Å². The fraction of sp³-hybridized carbons (Fsp3) is 0.500. The van der Waals surface area contributed by atoms with Crippen LogP contribution in [0, 0.1) is 10.1 Å². The lowest BCUT2D eigenvalue weighted by Gasteiger charge is -2.11. The zero-order chi connectivity index (χ0) is 19.1. The summed E-state index contributed by atoms with van der Waals surface area (Å²) in [5, 5.41) is 15.1. The molecule has 1 aliphatic heterocycles. The highest BCUT2D eigenvalue weighted by Gasteiger charge is 2.40. The number of nitro groups is 1. The van der Waals surface area contributed by atoms with Crippen molar-refractivity contribution in [3.05, 3.63) is 28.0 Å². The molecule has 1 aromatic rings. The van der Waals surface area contributed by atoms with Crippen molar-refractivity contribution in [2.75, 3.05) is 6.54 Å². The second-order valence-electron chi connectivity index (χ2n) is 5.81. The van der Waals surface area contributed by atoms with Gasteiger partial charge in [0.15, 0.2) is 5.76 Å². The Bertz CT molecular complexity index is 726. The molecule has 0 radical (unpaired) electrons. The number of carbonyl (C=O) groups is 3. The van der Waals surface area contributed by atoms with Crippen LogP contribution in [0.5, 0.6) is 0 Å². The molecule has 0 spiro atoms. The van der Waals surface area contributed by atoms with Crippen molar-refractivity contribution in [1.29, 1.82) is 0 Å². The Kier molecular flexibility index (Phi) is 6.59. The van der Waals surface area contributed by atoms with Crippen LogP contribution in [-0.2, 0) is 9.59 Å². The van der Waals surface area contributed by atoms with Crippen LogP contribution in [-0.4, -0.2) is 45.4 Å². The van der Waals surface area contributed by atoms with Gasteiger partial charge >= 0.3 is 11.9 Å². The van der Waals surface area contributed by atoms with Gasteiger partial charge in [0.25, 0.3) is 5.91 Å². The molecule has 1 saturated heterocycles. The molecule has 26 heavy (non-hydrogen) atoms. The van der Waals surface area contributed by atoms with Gasteiger partial charge in [-0.15, -0.1) is 0 Å². The van der Waals surface area contributed by atoms with E-state index in [0.717, 1.165) is 43.0 Å². The van der Waals surface area contributed by atoms with Crippen LogP contribution >= 0.6 is 0 Å². The molecule has 140 valence electrons. The highest BCUT2D eigenvalue weighted by atomic mass is 16.6. The summed E-state index contributed by atoms with van der Waals surface area (Å²) >= 11 is 0. The number of hydrogen-bond acceptors (Lipinski definition) is 7. The van der Waals surface area contributed by atoms with Gasteiger partial charge in [-0.2, -0.15) is 10.0 Å². The van der Waals surface area contributed by atoms with E-state index >= 15 is 0 Å². The number of urea groups is 1. The third kappa shape index (κ3) is 4.74. The van der Waals surface area contributed by atoms with Crippen molar-refractivity contribution in [1.82, 2.24) is 9.91 Å². The van der Waals surface area contributed by atoms with Crippen molar-refractivity contribution in [2.45, 2.75) is 45.4 Å². The number of hydrogen-bond donors (Lipinski definition) is 0. The number of amides is 4. The lowest BCUT2D eigenvalue weighted by Crippen LogP contribution is -2.37. The van der Waals surface area contributed by atoms with Crippen LogP contribution in [0.1, 0.15) is 51.2 Å². The maximum Gasteiger partial charge on any atom is 0.433 e. The third-order valence-electron chi connectivity index (χ3n) is 3.81. The SMILES string of the molecule is CCCCCCCC(=O)N1C(=O)CN(/N=C/c2ccc([N+](=O)[O-])o2)C1=O. The van der Waals surface area contributed by atoms with Gasteiger partial charge in [0.2, 0.25) is 5.91 Å². The van der Waals surface area contributed by atoms with Crippen LogP contribution in [0.3, 0.4) is 0 Å². The van der Waals surface area contributed by atoms with Crippen molar-refractivity contribution in [2.24, 2.45) is 5.10 Å². The topological polar surface area (TPSA) is 126 Å². The maximum atomic E-state index is 12.2. The summed E-state index contributed by atoms with van der Waals surface area (Å²) < 4.78 is 4.87. The number of hydrazone groups is 1. The van der Waals surface area contributed by atoms with E-state index in [4.69, 9.17) is 4.42 Å². The van der Waals surface area contributed by atoms with Gasteiger partial charge in [-0.3, -0.25) is 19.7 Å². The predicted octanol–water partition coefficient (Wildman–Crippen LogP) is 2.67. The lowest BCUT2D eigenvalue weighted by molar-refractivity contribution is -0.402. The number of imide groups is 3. The summed E-state index contributed by atoms with van der Waals surface area (Å²) in [7, 11) is 0. The lowest BCUT2D eigenvalue weighted by atomic mass is 10.1. The molecule has 0 saturated carbocycles. The Hall–Kier alpha value is -3.04. The molecular weight excluding hydrogens is 344 g/mol. The van der Waals surface area contributed by atoms with Gasteiger partial charge < -0.3 is 4.42 Å². The second-order valence-corrected chi connectivity index (χ2v) is 5.81. The number of carbonyl (C=O) groups excluding carboxylic acids is 3. The molecule has 0 unspecified atom stereocenters. The Morgan fingerprint density at radius 2 is 2.04 bits per heavy atom. The monoisotopic (exact) mass is 364 g/mol. The van der Waals surface area contributed by atoms with E-state index in [1.54, 1.807) is 0 Å². The predicted molar refractivity (Wildman–Crippen MR) is 90.3 cm³/mol. The van der Waals surface area contributed by atoms with E-state index in [1.165, 1.54) is 6.07 Å². The Morgan fingerprint density at radius 3 is 2.69 bits per heavy atom. The molecule has 1 fully saturated rings. The first kappa shape index (κ1) is 19.3. The summed E-state index contributed by atoms with van der Waals surface area (Å²) in [6.45, 7) is 1.72. The van der Waals surface area contributed by atoms with Crippen molar-refractivity contribution in [3.63, 3.8) is 0 Å². The van der Waals surface area contributed by atoms with Crippen LogP contribution in [0.15, 0.2) is 21.7 Å². The average molecular weight is 364 g/mol. The molecule has 0 atom stereocenters. The van der Waals surface area contributed by atoms with Crippen LogP contribution in [0.25, 0.3) is 0 Å². The van der Waals surface area contributed by atoms with Gasteiger partial charge in [0.1, 0.15) is 11.5 Å². The normalized spacial score (nSPS) is 14.7. The molecule has 0 N–H and O–H groups in total. The first-order valence-electron chi connectivity index (χ1n) is 8.39. The van der Waals surface area contributed by atoms with Gasteiger partial charge in [0.05, 0.1) is 12.3 Å². The molecule has 0 aliphatic carbocycles. The maximum absolute atomic E-state index is 12.2. The molecule has 2 rings (SSSR count). The van der Waals surface area contributed by atoms with Crippen LogP contribution in [0.4, 0.5) is 10.7 Å². The highest BCUT2D eigenvalue weighted by molar-refractivity contribution is 6.15. The van der Waals surface area contributed by atoms with Gasteiger partial charge in [-0.25, -0.2) is 9.80 Å². The van der Waals surface area contributed by atoms with Crippen molar-refractivity contribution in [3.8, 4) is 0 Å². The molecule has 0 bridgehead atoms. The third-order valence-corrected chi connectivity index (χ3v) is 3.81. The van der Waals surface area contributed by atoms with Crippen LogP contribution in [0.2, 0.25) is 0 Å². The summed E-state index contributed by atoms with van der Waals surface area (Å²) in [6.07, 6.45) is 5.88. The zero-order valence-electron chi connectivity index (χ0n) is 14.4. The summed E-state index contributed by atoms with van der Waals surface area (Å²) in [4.78, 5) is 46.7. The minimum atomic E-state index is -0.828. The molecule has 0 aromatic carbocycles. The minimum Gasteiger partial charge on any atom is -0.400 e. The molecule has 4 amide bonds. The van der Waals surface area contributed by atoms with Crippen LogP contribution < -0.4 is 0 Å². The van der Waals surface area contributed by atoms with Crippen molar-refractivity contribution < 1.29 is 23.7 Å². The first-order chi connectivity index (χ1) is 12.4. The highest BCUT2D eigenvalue weighted by Crippen LogP contribution is 2.17. The molecular formula is C16H20N4O6.